The Morgan fingerprint density at radius 1 is 0.882 bits per heavy atom. The molecular formula is C24H16F5N3O2. The molecule has 0 saturated heterocycles. The molecule has 5 nitrogen and oxygen atoms in total. The lowest BCUT2D eigenvalue weighted by atomic mass is 10.1. The number of benzene rings is 3. The van der Waals surface area contributed by atoms with Gasteiger partial charge in [-0.1, -0.05) is 12.1 Å². The van der Waals surface area contributed by atoms with E-state index in [-0.39, 0.29) is 24.3 Å². The Hall–Kier alpha value is -4.21. The highest BCUT2D eigenvalue weighted by molar-refractivity contribution is 6.03. The van der Waals surface area contributed by atoms with Gasteiger partial charge in [0.2, 0.25) is 0 Å². The number of ether oxygens (including phenoxy) is 1. The van der Waals surface area contributed by atoms with E-state index in [1.54, 1.807) is 24.3 Å². The maximum Gasteiger partial charge on any atom is 0.256 e. The zero-order valence-electron chi connectivity index (χ0n) is 17.4. The molecule has 34 heavy (non-hydrogen) atoms. The van der Waals surface area contributed by atoms with Gasteiger partial charge in [-0.15, -0.1) is 0 Å². The van der Waals surface area contributed by atoms with Crippen molar-refractivity contribution in [3.63, 3.8) is 0 Å². The van der Waals surface area contributed by atoms with Crippen LogP contribution in [0.5, 0.6) is 5.75 Å². The third-order valence-electron chi connectivity index (χ3n) is 4.84. The van der Waals surface area contributed by atoms with Gasteiger partial charge in [0.25, 0.3) is 5.91 Å². The van der Waals surface area contributed by atoms with Crippen LogP contribution in [0, 0.1) is 29.1 Å². The van der Waals surface area contributed by atoms with Crippen molar-refractivity contribution in [3.8, 4) is 5.75 Å². The highest BCUT2D eigenvalue weighted by Crippen LogP contribution is 2.21. The maximum atomic E-state index is 13.8. The molecule has 0 atom stereocenters. The number of carbonyl (C=O) groups excluding carboxylic acids is 1. The van der Waals surface area contributed by atoms with Crippen LogP contribution in [0.25, 0.3) is 0 Å². The summed E-state index contributed by atoms with van der Waals surface area (Å²) in [5, 5.41) is 6.48. The van der Waals surface area contributed by atoms with E-state index in [9.17, 15) is 26.7 Å². The second-order valence-corrected chi connectivity index (χ2v) is 7.24. The van der Waals surface area contributed by atoms with Crippen molar-refractivity contribution in [1.29, 1.82) is 0 Å². The minimum atomic E-state index is -1.51. The van der Waals surface area contributed by atoms with Crippen LogP contribution in [0.3, 0.4) is 0 Å². The van der Waals surface area contributed by atoms with E-state index in [0.717, 1.165) is 10.2 Å². The van der Waals surface area contributed by atoms with E-state index in [4.69, 9.17) is 4.74 Å². The highest BCUT2D eigenvalue weighted by Gasteiger charge is 2.20. The zero-order valence-corrected chi connectivity index (χ0v) is 17.4. The summed E-state index contributed by atoms with van der Waals surface area (Å²) in [5.41, 5.74) is 0.262. The van der Waals surface area contributed by atoms with Crippen LogP contribution in [-0.2, 0) is 13.2 Å². The number of anilines is 1. The van der Waals surface area contributed by atoms with Crippen molar-refractivity contribution < 1.29 is 31.5 Å². The predicted molar refractivity (Wildman–Crippen MR) is 113 cm³/mol. The number of hydrogen-bond acceptors (Lipinski definition) is 3. The van der Waals surface area contributed by atoms with Gasteiger partial charge < -0.3 is 10.1 Å². The Labute approximate surface area is 190 Å². The van der Waals surface area contributed by atoms with Crippen LogP contribution >= 0.6 is 0 Å². The number of aromatic nitrogens is 2. The monoisotopic (exact) mass is 473 g/mol. The van der Waals surface area contributed by atoms with Gasteiger partial charge in [-0.3, -0.25) is 9.48 Å². The third kappa shape index (κ3) is 5.22. The summed E-state index contributed by atoms with van der Waals surface area (Å²) in [6, 6.07) is 13.6. The number of nitrogens with zero attached hydrogens (tertiary/aromatic N) is 2. The van der Waals surface area contributed by atoms with E-state index in [1.165, 1.54) is 36.5 Å². The molecule has 0 bridgehead atoms. The Balaban J connectivity index is 1.37. The van der Waals surface area contributed by atoms with Gasteiger partial charge in [0, 0.05) is 23.9 Å². The summed E-state index contributed by atoms with van der Waals surface area (Å²) >= 11 is 0. The molecule has 174 valence electrons. The summed E-state index contributed by atoms with van der Waals surface area (Å²) < 4.78 is 74.0. The number of carbonyl (C=O) groups is 1. The average Bonchev–Trinajstić information content (AvgIpc) is 3.27. The first-order chi connectivity index (χ1) is 16.3. The fourth-order valence-electron chi connectivity index (χ4n) is 3.08. The molecule has 0 aliphatic rings. The summed E-state index contributed by atoms with van der Waals surface area (Å²) in [6.45, 7) is -0.364. The number of hydrogen-bond donors (Lipinski definition) is 1. The smallest absolute Gasteiger partial charge is 0.256 e. The normalized spacial score (nSPS) is 10.9. The molecule has 0 aliphatic carbocycles. The topological polar surface area (TPSA) is 56.2 Å². The second kappa shape index (κ2) is 9.74. The van der Waals surface area contributed by atoms with Gasteiger partial charge in [0.15, 0.2) is 29.1 Å². The number of halogens is 5. The first-order valence-electron chi connectivity index (χ1n) is 9.94. The van der Waals surface area contributed by atoms with Crippen LogP contribution in [0.4, 0.5) is 27.8 Å². The summed E-state index contributed by atoms with van der Waals surface area (Å²) in [6.07, 6.45) is 1.30. The first kappa shape index (κ1) is 23.0. The van der Waals surface area contributed by atoms with Crippen molar-refractivity contribution in [2.24, 2.45) is 0 Å². The Kier molecular flexibility index (Phi) is 6.58. The Morgan fingerprint density at radius 3 is 2.18 bits per heavy atom. The minimum absolute atomic E-state index is 0.0754. The van der Waals surface area contributed by atoms with Gasteiger partial charge in [-0.2, -0.15) is 5.10 Å². The van der Waals surface area contributed by atoms with E-state index in [0.29, 0.717) is 11.3 Å². The van der Waals surface area contributed by atoms with E-state index in [2.05, 4.69) is 10.4 Å². The van der Waals surface area contributed by atoms with Crippen LogP contribution in [0.1, 0.15) is 21.5 Å². The SMILES string of the molecule is O=C(Nc1ccn(Cc2c(F)c(F)cc(F)c2F)n1)c1ccc(COc2ccc(F)cc2)cc1. The molecule has 0 aliphatic heterocycles. The van der Waals surface area contributed by atoms with Crippen molar-refractivity contribution in [2.75, 3.05) is 5.32 Å². The molecule has 0 spiro atoms. The molecule has 0 radical (unpaired) electrons. The molecule has 1 amide bonds. The van der Waals surface area contributed by atoms with Crippen molar-refractivity contribution >= 4 is 11.7 Å². The maximum absolute atomic E-state index is 13.8. The van der Waals surface area contributed by atoms with Crippen LogP contribution in [-0.4, -0.2) is 15.7 Å². The Bertz CT molecular complexity index is 1300. The van der Waals surface area contributed by atoms with Crippen molar-refractivity contribution in [1.82, 2.24) is 9.78 Å². The standard InChI is InChI=1S/C24H16F5N3O2/c25-16-5-7-17(8-6-16)34-13-14-1-3-15(4-2-14)24(33)30-21-9-10-32(31-21)12-18-22(28)19(26)11-20(27)23(18)29/h1-11H,12-13H2,(H,30,31,33). The summed E-state index contributed by atoms with van der Waals surface area (Å²) in [4.78, 5) is 12.5. The molecule has 0 saturated carbocycles. The number of nitrogens with one attached hydrogen (secondary N) is 1. The molecule has 4 rings (SSSR count). The van der Waals surface area contributed by atoms with Crippen molar-refractivity contribution in [2.45, 2.75) is 13.2 Å². The average molecular weight is 473 g/mol. The van der Waals surface area contributed by atoms with Crippen LogP contribution < -0.4 is 10.1 Å². The third-order valence-corrected chi connectivity index (χ3v) is 4.84. The van der Waals surface area contributed by atoms with E-state index < -0.39 is 41.3 Å². The van der Waals surface area contributed by atoms with E-state index in [1.807, 2.05) is 0 Å². The highest BCUT2D eigenvalue weighted by atomic mass is 19.2. The summed E-state index contributed by atoms with van der Waals surface area (Å²) in [5.74, 6) is -6.33. The van der Waals surface area contributed by atoms with Crippen molar-refractivity contribution in [3.05, 3.63) is 113 Å². The van der Waals surface area contributed by atoms with Crippen LogP contribution in [0.2, 0.25) is 0 Å². The molecule has 0 fully saturated rings. The lowest BCUT2D eigenvalue weighted by molar-refractivity contribution is 0.102. The predicted octanol–water partition coefficient (Wildman–Crippen LogP) is 5.46. The molecule has 3 aromatic carbocycles. The molecule has 0 unspecified atom stereocenters. The lowest BCUT2D eigenvalue weighted by Crippen LogP contribution is -2.13. The minimum Gasteiger partial charge on any atom is -0.489 e. The zero-order chi connectivity index (χ0) is 24.2. The molecule has 4 aromatic rings. The van der Waals surface area contributed by atoms with Crippen LogP contribution in [0.15, 0.2) is 66.9 Å². The van der Waals surface area contributed by atoms with Gasteiger partial charge in [0.1, 0.15) is 18.2 Å². The quantitative estimate of drug-likeness (QED) is 0.287. The van der Waals surface area contributed by atoms with Gasteiger partial charge in [-0.05, 0) is 42.0 Å². The summed E-state index contributed by atoms with van der Waals surface area (Å²) in [7, 11) is 0. The fraction of sp³-hybridized carbons (Fsp3) is 0.0833. The van der Waals surface area contributed by atoms with Gasteiger partial charge >= 0.3 is 0 Å². The largest absolute Gasteiger partial charge is 0.489 e. The number of rotatable bonds is 7. The van der Waals surface area contributed by atoms with E-state index >= 15 is 0 Å². The second-order valence-electron chi connectivity index (χ2n) is 7.24. The Morgan fingerprint density at radius 2 is 1.53 bits per heavy atom. The van der Waals surface area contributed by atoms with Gasteiger partial charge in [0.05, 0.1) is 12.1 Å². The number of amides is 1. The molecule has 1 aromatic heterocycles. The molecular weight excluding hydrogens is 457 g/mol. The molecule has 1 heterocycles. The molecule has 10 heteroatoms. The first-order valence-corrected chi connectivity index (χ1v) is 9.94. The molecule has 1 N–H and O–H groups in total. The lowest BCUT2D eigenvalue weighted by Gasteiger charge is -2.08. The van der Waals surface area contributed by atoms with Gasteiger partial charge in [-0.25, -0.2) is 22.0 Å². The fourth-order valence-corrected chi connectivity index (χ4v) is 3.08.